The molecular formula is C20H22F3NO4. The van der Waals surface area contributed by atoms with Gasteiger partial charge < -0.3 is 14.4 Å². The average molecular weight is 397 g/mol. The predicted molar refractivity (Wildman–Crippen MR) is 92.7 cm³/mol. The molecule has 0 spiro atoms. The lowest BCUT2D eigenvalue weighted by Gasteiger charge is -2.45. The second kappa shape index (κ2) is 7.06. The maximum Gasteiger partial charge on any atom is 0.573 e. The Hall–Kier alpha value is -2.09. The Kier molecular flexibility index (Phi) is 4.85. The van der Waals surface area contributed by atoms with E-state index in [1.807, 2.05) is 0 Å². The van der Waals surface area contributed by atoms with Gasteiger partial charge in [0.25, 0.3) is 0 Å². The van der Waals surface area contributed by atoms with Crippen LogP contribution in [0, 0.1) is 5.92 Å². The monoisotopic (exact) mass is 397 g/mol. The third-order valence-corrected chi connectivity index (χ3v) is 5.89. The highest BCUT2D eigenvalue weighted by molar-refractivity contribution is 5.91. The first-order valence-corrected chi connectivity index (χ1v) is 9.59. The van der Waals surface area contributed by atoms with Crippen LogP contribution in [0.2, 0.25) is 0 Å². The lowest BCUT2D eigenvalue weighted by Crippen LogP contribution is -2.57. The van der Waals surface area contributed by atoms with Crippen molar-refractivity contribution in [1.82, 2.24) is 4.90 Å². The summed E-state index contributed by atoms with van der Waals surface area (Å²) in [6, 6.07) is 5.68. The third kappa shape index (κ3) is 3.74. The van der Waals surface area contributed by atoms with Gasteiger partial charge in [0.05, 0.1) is 18.6 Å². The number of benzene rings is 1. The minimum Gasteiger partial charge on any atom is -0.406 e. The number of ether oxygens (including phenoxy) is 2. The number of alkyl halides is 3. The fourth-order valence-electron chi connectivity index (χ4n) is 4.09. The number of hydrogen-bond acceptors (Lipinski definition) is 4. The van der Waals surface area contributed by atoms with Crippen molar-refractivity contribution in [3.05, 3.63) is 29.8 Å². The van der Waals surface area contributed by atoms with Crippen molar-refractivity contribution >= 4 is 11.7 Å². The molecular weight excluding hydrogens is 375 g/mol. The van der Waals surface area contributed by atoms with Gasteiger partial charge in [-0.05, 0) is 43.4 Å². The molecule has 1 heterocycles. The Labute approximate surface area is 160 Å². The number of amides is 1. The van der Waals surface area contributed by atoms with Crippen LogP contribution in [0.15, 0.2) is 24.3 Å². The largest absolute Gasteiger partial charge is 0.573 e. The Morgan fingerprint density at radius 2 is 1.96 bits per heavy atom. The first-order chi connectivity index (χ1) is 13.3. The highest BCUT2D eigenvalue weighted by atomic mass is 19.4. The summed E-state index contributed by atoms with van der Waals surface area (Å²) < 4.78 is 47.3. The molecule has 1 aliphatic heterocycles. The predicted octanol–water partition coefficient (Wildman–Crippen LogP) is 3.21. The molecule has 0 bridgehead atoms. The van der Waals surface area contributed by atoms with E-state index in [2.05, 4.69) is 4.74 Å². The summed E-state index contributed by atoms with van der Waals surface area (Å²) in [4.78, 5) is 27.3. The van der Waals surface area contributed by atoms with E-state index in [4.69, 9.17) is 4.74 Å². The van der Waals surface area contributed by atoms with Gasteiger partial charge >= 0.3 is 6.36 Å². The van der Waals surface area contributed by atoms with Gasteiger partial charge in [-0.2, -0.15) is 0 Å². The van der Waals surface area contributed by atoms with Crippen LogP contribution < -0.4 is 4.74 Å². The molecule has 5 nitrogen and oxygen atoms in total. The summed E-state index contributed by atoms with van der Waals surface area (Å²) in [5.41, 5.74) is -0.322. The van der Waals surface area contributed by atoms with Gasteiger partial charge in [0, 0.05) is 12.5 Å². The molecule has 2 saturated carbocycles. The number of nitrogens with zero attached hydrogens (tertiary/aromatic N) is 1. The zero-order valence-electron chi connectivity index (χ0n) is 15.3. The number of morpholine rings is 1. The van der Waals surface area contributed by atoms with Gasteiger partial charge in [-0.25, -0.2) is 0 Å². The van der Waals surface area contributed by atoms with E-state index in [-0.39, 0.29) is 29.9 Å². The molecule has 3 aliphatic rings. The van der Waals surface area contributed by atoms with E-state index in [9.17, 15) is 22.8 Å². The minimum absolute atomic E-state index is 0.0499. The van der Waals surface area contributed by atoms with Crippen molar-refractivity contribution in [3.8, 4) is 5.75 Å². The van der Waals surface area contributed by atoms with E-state index in [0.717, 1.165) is 19.3 Å². The molecule has 0 aromatic heterocycles. The highest BCUT2D eigenvalue weighted by Crippen LogP contribution is 2.46. The molecule has 3 fully saturated rings. The summed E-state index contributed by atoms with van der Waals surface area (Å²) in [6.45, 7) is 0.893. The molecule has 2 aliphatic carbocycles. The van der Waals surface area contributed by atoms with E-state index >= 15 is 0 Å². The minimum atomic E-state index is -4.78. The maximum absolute atomic E-state index is 13.3. The molecule has 8 heteroatoms. The lowest BCUT2D eigenvalue weighted by molar-refractivity contribution is -0.274. The van der Waals surface area contributed by atoms with Gasteiger partial charge in [0.15, 0.2) is 5.78 Å². The summed E-state index contributed by atoms with van der Waals surface area (Å²) in [6.07, 6.45) is -1.66. The Bertz CT molecular complexity index is 771. The molecule has 28 heavy (non-hydrogen) atoms. The van der Waals surface area contributed by atoms with Crippen molar-refractivity contribution in [2.24, 2.45) is 5.92 Å². The zero-order chi connectivity index (χ0) is 19.9. The Balaban J connectivity index is 1.53. The van der Waals surface area contributed by atoms with Crippen LogP contribution >= 0.6 is 0 Å². The van der Waals surface area contributed by atoms with Crippen LogP contribution in [0.25, 0.3) is 0 Å². The second-order valence-electron chi connectivity index (χ2n) is 7.80. The second-order valence-corrected chi connectivity index (χ2v) is 7.80. The molecule has 152 valence electrons. The van der Waals surface area contributed by atoms with Crippen LogP contribution in [0.5, 0.6) is 5.75 Å². The topological polar surface area (TPSA) is 55.8 Å². The molecule has 1 aromatic rings. The van der Waals surface area contributed by atoms with Gasteiger partial charge in [-0.15, -0.1) is 13.2 Å². The van der Waals surface area contributed by atoms with Crippen molar-refractivity contribution < 1.29 is 32.2 Å². The van der Waals surface area contributed by atoms with E-state index < -0.39 is 17.9 Å². The van der Waals surface area contributed by atoms with Crippen molar-refractivity contribution in [2.45, 2.75) is 50.0 Å². The van der Waals surface area contributed by atoms with Crippen LogP contribution in [-0.2, 0) is 19.7 Å². The van der Waals surface area contributed by atoms with Gasteiger partial charge in [0.2, 0.25) is 5.91 Å². The number of carbonyl (C=O) groups is 2. The fourth-order valence-corrected chi connectivity index (χ4v) is 4.09. The Morgan fingerprint density at radius 1 is 1.21 bits per heavy atom. The van der Waals surface area contributed by atoms with Gasteiger partial charge in [-0.3, -0.25) is 9.59 Å². The number of halogens is 3. The first kappa shape index (κ1) is 19.2. The van der Waals surface area contributed by atoms with Gasteiger partial charge in [0.1, 0.15) is 11.9 Å². The number of hydrogen-bond donors (Lipinski definition) is 0. The molecule has 1 amide bonds. The zero-order valence-corrected chi connectivity index (χ0v) is 15.3. The molecule has 1 atom stereocenters. The molecule has 0 radical (unpaired) electrons. The fraction of sp³-hybridized carbons (Fsp3) is 0.600. The van der Waals surface area contributed by atoms with Crippen molar-refractivity contribution in [3.63, 3.8) is 0 Å². The summed E-state index contributed by atoms with van der Waals surface area (Å²) in [5.74, 6) is -0.359. The highest BCUT2D eigenvalue weighted by Gasteiger charge is 2.49. The standard InChI is InChI=1S/C20H22F3NO4/c21-20(22,23)28-15-4-1-3-14(11-15)19(7-2-8-19)18(26)24-9-10-27-16(12-24)17(25)13-5-6-13/h1,3-4,11,13,16H,2,5-10,12H2. The van der Waals surface area contributed by atoms with Gasteiger partial charge in [-0.1, -0.05) is 18.6 Å². The van der Waals surface area contributed by atoms with Crippen molar-refractivity contribution in [2.75, 3.05) is 19.7 Å². The third-order valence-electron chi connectivity index (χ3n) is 5.89. The quantitative estimate of drug-likeness (QED) is 0.766. The molecule has 4 rings (SSSR count). The van der Waals surface area contributed by atoms with Crippen LogP contribution in [0.3, 0.4) is 0 Å². The summed E-state index contributed by atoms with van der Waals surface area (Å²) in [5, 5.41) is 0. The molecule has 1 aromatic carbocycles. The number of ketones is 1. The number of rotatable bonds is 5. The average Bonchev–Trinajstić information content (AvgIpc) is 3.44. The summed E-state index contributed by atoms with van der Waals surface area (Å²) in [7, 11) is 0. The van der Waals surface area contributed by atoms with Crippen molar-refractivity contribution in [1.29, 1.82) is 0 Å². The number of carbonyl (C=O) groups excluding carboxylic acids is 2. The normalized spacial score (nSPS) is 24.4. The van der Waals surface area contributed by atoms with Crippen LogP contribution in [0.1, 0.15) is 37.7 Å². The molecule has 1 unspecified atom stereocenters. The van der Waals surface area contributed by atoms with E-state index in [1.54, 1.807) is 11.0 Å². The number of Topliss-reactive ketones (excluding diaryl/α,β-unsaturated/α-hetero) is 1. The van der Waals surface area contributed by atoms with E-state index in [0.29, 0.717) is 31.6 Å². The lowest BCUT2D eigenvalue weighted by atomic mass is 9.63. The summed E-state index contributed by atoms with van der Waals surface area (Å²) >= 11 is 0. The van der Waals surface area contributed by atoms with Crippen LogP contribution in [-0.4, -0.2) is 48.8 Å². The molecule has 0 N–H and O–H groups in total. The maximum atomic E-state index is 13.3. The Morgan fingerprint density at radius 3 is 2.57 bits per heavy atom. The van der Waals surface area contributed by atoms with Crippen LogP contribution in [0.4, 0.5) is 13.2 Å². The smallest absolute Gasteiger partial charge is 0.406 e. The molecule has 1 saturated heterocycles. The van der Waals surface area contributed by atoms with E-state index in [1.165, 1.54) is 18.2 Å². The first-order valence-electron chi connectivity index (χ1n) is 9.59. The SMILES string of the molecule is O=C(C1CC1)C1CN(C(=O)C2(c3cccc(OC(F)(F)F)c3)CCC2)CCO1.